The van der Waals surface area contributed by atoms with E-state index in [4.69, 9.17) is 0 Å². The van der Waals surface area contributed by atoms with E-state index in [0.29, 0.717) is 6.04 Å². The molecule has 0 aromatic rings. The molecule has 3 unspecified atom stereocenters. The Bertz CT molecular complexity index is 259. The van der Waals surface area contributed by atoms with Crippen LogP contribution in [0.15, 0.2) is 0 Å². The first-order valence-corrected chi connectivity index (χ1v) is 6.78. The Hall–Kier alpha value is -0.570. The van der Waals surface area contributed by atoms with Crippen molar-refractivity contribution in [1.82, 2.24) is 10.6 Å². The van der Waals surface area contributed by atoms with Gasteiger partial charge < -0.3 is 10.6 Å². The van der Waals surface area contributed by atoms with Gasteiger partial charge in [0.2, 0.25) is 5.91 Å². The second kappa shape index (κ2) is 4.74. The van der Waals surface area contributed by atoms with Gasteiger partial charge in [-0.25, -0.2) is 0 Å². The molecule has 0 aromatic heterocycles. The highest BCUT2D eigenvalue weighted by Gasteiger charge is 2.44. The normalized spacial score (nSPS) is 37.4. The molecule has 1 aliphatic carbocycles. The molecule has 1 saturated heterocycles. The maximum absolute atomic E-state index is 12.2. The van der Waals surface area contributed by atoms with Crippen molar-refractivity contribution in [3.8, 4) is 0 Å². The van der Waals surface area contributed by atoms with Crippen LogP contribution < -0.4 is 10.6 Å². The smallest absolute Gasteiger partial charge is 0.240 e. The SMILES string of the molecule is CCCC1CC1NC(=O)C1(CC)CCCN1. The van der Waals surface area contributed by atoms with Crippen LogP contribution in [0.25, 0.3) is 0 Å². The average molecular weight is 224 g/mol. The minimum atomic E-state index is -0.251. The summed E-state index contributed by atoms with van der Waals surface area (Å²) in [5.74, 6) is 1.00. The molecule has 2 N–H and O–H groups in total. The first kappa shape index (κ1) is 11.9. The maximum Gasteiger partial charge on any atom is 0.240 e. The first-order valence-electron chi connectivity index (χ1n) is 6.78. The van der Waals surface area contributed by atoms with Crippen molar-refractivity contribution < 1.29 is 4.79 Å². The van der Waals surface area contributed by atoms with Crippen LogP contribution in [0.4, 0.5) is 0 Å². The molecule has 0 bridgehead atoms. The number of carbonyl (C=O) groups excluding carboxylic acids is 1. The Kier molecular flexibility index (Phi) is 3.53. The van der Waals surface area contributed by atoms with E-state index in [0.717, 1.165) is 31.7 Å². The summed E-state index contributed by atoms with van der Waals surface area (Å²) in [6.07, 6.45) is 6.72. The third kappa shape index (κ3) is 2.24. The standard InChI is InChI=1S/C13H24N2O/c1-3-6-10-9-11(10)15-12(16)13(4-2)7-5-8-14-13/h10-11,14H,3-9H2,1-2H3,(H,15,16). The molecule has 1 aliphatic heterocycles. The van der Waals surface area contributed by atoms with Gasteiger partial charge >= 0.3 is 0 Å². The number of amides is 1. The lowest BCUT2D eigenvalue weighted by atomic mass is 9.93. The highest BCUT2D eigenvalue weighted by Crippen LogP contribution is 2.35. The summed E-state index contributed by atoms with van der Waals surface area (Å²) >= 11 is 0. The van der Waals surface area contributed by atoms with Crippen molar-refractivity contribution in [3.63, 3.8) is 0 Å². The molecular weight excluding hydrogens is 200 g/mol. The van der Waals surface area contributed by atoms with Crippen LogP contribution >= 0.6 is 0 Å². The van der Waals surface area contributed by atoms with Crippen LogP contribution in [0.2, 0.25) is 0 Å². The lowest BCUT2D eigenvalue weighted by Crippen LogP contribution is -2.53. The van der Waals surface area contributed by atoms with Crippen molar-refractivity contribution in [3.05, 3.63) is 0 Å². The Labute approximate surface area is 98.4 Å². The van der Waals surface area contributed by atoms with Gasteiger partial charge in [0.25, 0.3) is 0 Å². The van der Waals surface area contributed by atoms with Gasteiger partial charge in [0, 0.05) is 6.04 Å². The van der Waals surface area contributed by atoms with E-state index in [1.165, 1.54) is 19.3 Å². The number of rotatable bonds is 5. The van der Waals surface area contributed by atoms with Crippen molar-refractivity contribution in [2.45, 2.75) is 64.0 Å². The van der Waals surface area contributed by atoms with Crippen LogP contribution in [0, 0.1) is 5.92 Å². The van der Waals surface area contributed by atoms with Crippen molar-refractivity contribution in [2.75, 3.05) is 6.54 Å². The molecule has 2 rings (SSSR count). The van der Waals surface area contributed by atoms with E-state index in [-0.39, 0.29) is 11.4 Å². The van der Waals surface area contributed by atoms with E-state index < -0.39 is 0 Å². The minimum Gasteiger partial charge on any atom is -0.351 e. The van der Waals surface area contributed by atoms with Crippen LogP contribution in [-0.2, 0) is 4.79 Å². The second-order valence-electron chi connectivity index (χ2n) is 5.33. The lowest BCUT2D eigenvalue weighted by Gasteiger charge is -2.26. The first-order chi connectivity index (χ1) is 7.72. The van der Waals surface area contributed by atoms with E-state index >= 15 is 0 Å². The van der Waals surface area contributed by atoms with E-state index in [2.05, 4.69) is 24.5 Å². The molecule has 0 radical (unpaired) electrons. The van der Waals surface area contributed by atoms with Crippen molar-refractivity contribution >= 4 is 5.91 Å². The third-order valence-corrected chi connectivity index (χ3v) is 4.18. The van der Waals surface area contributed by atoms with Gasteiger partial charge in [-0.1, -0.05) is 20.3 Å². The third-order valence-electron chi connectivity index (χ3n) is 4.18. The fourth-order valence-corrected chi connectivity index (χ4v) is 2.88. The highest BCUT2D eigenvalue weighted by molar-refractivity contribution is 5.87. The van der Waals surface area contributed by atoms with Gasteiger partial charge in [-0.3, -0.25) is 4.79 Å². The van der Waals surface area contributed by atoms with Gasteiger partial charge in [0.05, 0.1) is 5.54 Å². The number of hydrogen-bond acceptors (Lipinski definition) is 2. The molecule has 2 fully saturated rings. The summed E-state index contributed by atoms with van der Waals surface area (Å²) in [5.41, 5.74) is -0.251. The van der Waals surface area contributed by atoms with E-state index in [1.54, 1.807) is 0 Å². The molecule has 3 atom stereocenters. The van der Waals surface area contributed by atoms with Crippen LogP contribution in [0.3, 0.4) is 0 Å². The molecule has 1 saturated carbocycles. The maximum atomic E-state index is 12.2. The number of carbonyl (C=O) groups is 1. The molecule has 3 heteroatoms. The molecule has 16 heavy (non-hydrogen) atoms. The zero-order chi connectivity index (χ0) is 11.6. The summed E-state index contributed by atoms with van der Waals surface area (Å²) < 4.78 is 0. The fourth-order valence-electron chi connectivity index (χ4n) is 2.88. The lowest BCUT2D eigenvalue weighted by molar-refractivity contribution is -0.127. The molecular formula is C13H24N2O. The van der Waals surface area contributed by atoms with E-state index in [9.17, 15) is 4.79 Å². The molecule has 92 valence electrons. The van der Waals surface area contributed by atoms with Crippen LogP contribution in [-0.4, -0.2) is 24.0 Å². The second-order valence-corrected chi connectivity index (χ2v) is 5.33. The summed E-state index contributed by atoms with van der Waals surface area (Å²) in [4.78, 5) is 12.2. The Balaban J connectivity index is 1.83. The zero-order valence-electron chi connectivity index (χ0n) is 10.5. The van der Waals surface area contributed by atoms with Crippen LogP contribution in [0.1, 0.15) is 52.4 Å². The predicted octanol–water partition coefficient (Wildman–Crippen LogP) is 1.82. The average Bonchev–Trinajstić information content (AvgIpc) is 2.84. The Morgan fingerprint density at radius 3 is 2.88 bits per heavy atom. The largest absolute Gasteiger partial charge is 0.351 e. The number of hydrogen-bond donors (Lipinski definition) is 2. The van der Waals surface area contributed by atoms with Crippen molar-refractivity contribution in [1.29, 1.82) is 0 Å². The molecule has 3 nitrogen and oxygen atoms in total. The van der Waals surface area contributed by atoms with Gasteiger partial charge in [0.15, 0.2) is 0 Å². The Morgan fingerprint density at radius 2 is 2.31 bits per heavy atom. The molecule has 2 aliphatic rings. The number of nitrogens with one attached hydrogen (secondary N) is 2. The van der Waals surface area contributed by atoms with Gasteiger partial charge in [0.1, 0.15) is 0 Å². The van der Waals surface area contributed by atoms with E-state index in [1.807, 2.05) is 0 Å². The van der Waals surface area contributed by atoms with Gasteiger partial charge in [-0.2, -0.15) is 0 Å². The molecule has 0 aromatic carbocycles. The summed E-state index contributed by atoms with van der Waals surface area (Å²) in [6.45, 7) is 5.31. The van der Waals surface area contributed by atoms with Gasteiger partial charge in [-0.15, -0.1) is 0 Å². The monoisotopic (exact) mass is 224 g/mol. The quantitative estimate of drug-likeness (QED) is 0.748. The topological polar surface area (TPSA) is 41.1 Å². The molecule has 1 amide bonds. The Morgan fingerprint density at radius 1 is 1.50 bits per heavy atom. The van der Waals surface area contributed by atoms with Gasteiger partial charge in [-0.05, 0) is 44.6 Å². The molecule has 1 heterocycles. The summed E-state index contributed by atoms with van der Waals surface area (Å²) in [7, 11) is 0. The highest BCUT2D eigenvalue weighted by atomic mass is 16.2. The minimum absolute atomic E-state index is 0.246. The summed E-state index contributed by atoms with van der Waals surface area (Å²) in [5, 5.41) is 6.61. The zero-order valence-corrected chi connectivity index (χ0v) is 10.5. The summed E-state index contributed by atoms with van der Waals surface area (Å²) in [6, 6.07) is 0.471. The molecule has 0 spiro atoms. The predicted molar refractivity (Wildman–Crippen MR) is 65.2 cm³/mol. The fraction of sp³-hybridized carbons (Fsp3) is 0.923. The van der Waals surface area contributed by atoms with Crippen molar-refractivity contribution in [2.24, 2.45) is 5.92 Å². The van der Waals surface area contributed by atoms with Crippen LogP contribution in [0.5, 0.6) is 0 Å².